The van der Waals surface area contributed by atoms with Crippen molar-refractivity contribution in [3.8, 4) is 17.0 Å². The molecule has 4 N–H and O–H groups in total. The number of carbonyl (C=O) groups is 4. The summed E-state index contributed by atoms with van der Waals surface area (Å²) in [6, 6.07) is 10.1. The summed E-state index contributed by atoms with van der Waals surface area (Å²) in [7, 11) is 0. The van der Waals surface area contributed by atoms with E-state index in [1.165, 1.54) is 23.6 Å². The van der Waals surface area contributed by atoms with Crippen molar-refractivity contribution in [3.05, 3.63) is 68.9 Å². The van der Waals surface area contributed by atoms with Gasteiger partial charge in [-0.05, 0) is 48.2 Å². The van der Waals surface area contributed by atoms with E-state index in [0.717, 1.165) is 40.7 Å². The molecule has 3 heterocycles. The van der Waals surface area contributed by atoms with E-state index in [1.807, 2.05) is 24.3 Å². The summed E-state index contributed by atoms with van der Waals surface area (Å²) < 4.78 is 10.1. The van der Waals surface area contributed by atoms with Crippen LogP contribution in [0.5, 0.6) is 5.75 Å². The second kappa shape index (κ2) is 11.7. The first-order valence-electron chi connectivity index (χ1n) is 12.9. The third-order valence-electron chi connectivity index (χ3n) is 7.15. The lowest BCUT2D eigenvalue weighted by molar-refractivity contribution is -0.383. The zero-order chi connectivity index (χ0) is 30.1. The predicted octanol–water partition coefficient (Wildman–Crippen LogP) is 2.55. The molecule has 14 heteroatoms. The molecule has 2 aliphatic heterocycles. The Balaban J connectivity index is 0.000000176. The number of H-pyrrole nitrogens is 1. The van der Waals surface area contributed by atoms with E-state index in [2.05, 4.69) is 4.98 Å². The lowest BCUT2D eigenvalue weighted by Crippen LogP contribution is -2.68. The van der Waals surface area contributed by atoms with Crippen LogP contribution in [-0.2, 0) is 36.8 Å². The number of nitrogens with zero attached hydrogens (tertiary/aromatic N) is 2. The van der Waals surface area contributed by atoms with E-state index >= 15 is 0 Å². The number of aldehydes is 1. The average molecular weight is 595 g/mol. The summed E-state index contributed by atoms with van der Waals surface area (Å²) in [5.74, 6) is -1.07. The number of aromatic nitrogens is 1. The number of nitro groups is 1. The number of esters is 1. The molecule has 2 atom stereocenters. The maximum absolute atomic E-state index is 11.6. The number of carbonyl (C=O) groups excluding carboxylic acids is 3. The van der Waals surface area contributed by atoms with E-state index < -0.39 is 23.9 Å². The Labute approximate surface area is 242 Å². The number of nitrogens with two attached hydrogens (primary N) is 1. The van der Waals surface area contributed by atoms with E-state index in [1.54, 1.807) is 12.1 Å². The number of carboxylic acid groups (broad SMARTS) is 1. The zero-order valence-corrected chi connectivity index (χ0v) is 23.1. The summed E-state index contributed by atoms with van der Waals surface area (Å²) in [6.45, 7) is 1.16. The van der Waals surface area contributed by atoms with E-state index in [4.69, 9.17) is 20.3 Å². The third kappa shape index (κ3) is 5.21. The molecule has 0 spiro atoms. The molecule has 2 unspecified atom stereocenters. The number of non-ortho nitro benzene ring substituents is 1. The minimum Gasteiger partial charge on any atom is -0.486 e. The smallest absolute Gasteiger partial charge is 0.352 e. The Hall–Kier alpha value is -4.69. The molecule has 2 aromatic carbocycles. The van der Waals surface area contributed by atoms with Crippen LogP contribution in [0.15, 0.2) is 47.7 Å². The van der Waals surface area contributed by atoms with Gasteiger partial charge in [0.1, 0.15) is 36.1 Å². The molecular weight excluding hydrogens is 568 g/mol. The van der Waals surface area contributed by atoms with Crippen LogP contribution in [0.2, 0.25) is 0 Å². The topological polar surface area (TPSA) is 195 Å². The number of benzene rings is 2. The lowest BCUT2D eigenvalue weighted by atomic mass is 9.88. The molecule has 1 saturated heterocycles. The number of nitro benzene ring substituents is 1. The summed E-state index contributed by atoms with van der Waals surface area (Å²) >= 11 is 1.37. The van der Waals surface area contributed by atoms with Crippen LogP contribution in [0.25, 0.3) is 22.2 Å². The number of nitrogens with one attached hydrogen (secondary N) is 1. The van der Waals surface area contributed by atoms with Crippen LogP contribution in [0.1, 0.15) is 18.1 Å². The van der Waals surface area contributed by atoms with E-state index in [-0.39, 0.29) is 34.9 Å². The quantitative estimate of drug-likeness (QED) is 0.120. The van der Waals surface area contributed by atoms with Crippen molar-refractivity contribution in [1.29, 1.82) is 0 Å². The van der Waals surface area contributed by atoms with Gasteiger partial charge in [-0.15, -0.1) is 11.8 Å². The molecule has 1 amide bonds. The summed E-state index contributed by atoms with van der Waals surface area (Å²) in [5.41, 5.74) is 10.9. The number of carboxylic acids is 1. The number of hydrogen-bond acceptors (Lipinski definition) is 10. The number of hydrogen-bond donors (Lipinski definition) is 3. The maximum Gasteiger partial charge on any atom is 0.352 e. The molecule has 218 valence electrons. The van der Waals surface area contributed by atoms with Crippen LogP contribution in [0.3, 0.4) is 0 Å². The van der Waals surface area contributed by atoms with Crippen LogP contribution >= 0.6 is 11.8 Å². The highest BCUT2D eigenvalue weighted by molar-refractivity contribution is 8.00. The minimum absolute atomic E-state index is 0.0304. The van der Waals surface area contributed by atoms with Crippen LogP contribution in [0, 0.1) is 10.1 Å². The summed E-state index contributed by atoms with van der Waals surface area (Å²) in [6.07, 6.45) is 2.22. The van der Waals surface area contributed by atoms with Gasteiger partial charge < -0.3 is 25.3 Å². The van der Waals surface area contributed by atoms with Gasteiger partial charge >= 0.3 is 11.9 Å². The number of β-lactam (4-membered cyclic amide) rings is 1. The first kappa shape index (κ1) is 28.8. The molecule has 13 nitrogen and oxygen atoms in total. The molecule has 0 radical (unpaired) electrons. The van der Waals surface area contributed by atoms with Crippen LogP contribution < -0.4 is 10.5 Å². The second-order valence-electron chi connectivity index (χ2n) is 9.71. The van der Waals surface area contributed by atoms with Gasteiger partial charge in [-0.1, -0.05) is 6.07 Å². The number of fused-ring (bicyclic) bond motifs is 6. The van der Waals surface area contributed by atoms with Gasteiger partial charge in [0, 0.05) is 29.9 Å². The molecule has 3 aliphatic rings. The van der Waals surface area contributed by atoms with Gasteiger partial charge in [0.2, 0.25) is 5.91 Å². The van der Waals surface area contributed by atoms with Crippen molar-refractivity contribution in [3.63, 3.8) is 0 Å². The van der Waals surface area contributed by atoms with Gasteiger partial charge in [0.05, 0.1) is 21.5 Å². The van der Waals surface area contributed by atoms with Crippen molar-refractivity contribution >= 4 is 52.5 Å². The van der Waals surface area contributed by atoms with Crippen molar-refractivity contribution in [1.82, 2.24) is 9.88 Å². The Bertz CT molecular complexity index is 1660. The number of rotatable bonds is 7. The monoisotopic (exact) mass is 594 g/mol. The molecule has 0 saturated carbocycles. The summed E-state index contributed by atoms with van der Waals surface area (Å²) in [4.78, 5) is 59.5. The number of aromatic amines is 1. The Morgan fingerprint density at radius 2 is 2.07 bits per heavy atom. The Kier molecular flexibility index (Phi) is 8.00. The Morgan fingerprint density at radius 3 is 2.76 bits per heavy atom. The van der Waals surface area contributed by atoms with E-state index in [9.17, 15) is 29.3 Å². The maximum atomic E-state index is 11.6. The highest BCUT2D eigenvalue weighted by Crippen LogP contribution is 2.42. The van der Waals surface area contributed by atoms with Crippen molar-refractivity contribution in [2.75, 3.05) is 19.0 Å². The highest BCUT2D eigenvalue weighted by Gasteiger charge is 2.51. The normalized spacial score (nSPS) is 18.5. The zero-order valence-electron chi connectivity index (χ0n) is 22.3. The predicted molar refractivity (Wildman–Crippen MR) is 152 cm³/mol. The first-order valence-corrected chi connectivity index (χ1v) is 13.9. The first-order chi connectivity index (χ1) is 20.1. The van der Waals surface area contributed by atoms with Crippen LogP contribution in [0.4, 0.5) is 5.69 Å². The SMILES string of the molecule is CC(=O)OCC1=C(C(=O)O)N2C(=O)C(N)C2SC1.O=CCOc1ccc2c(c1)CCc1c-2[nH]c2cccc([N+](=O)[O-])c12. The molecule has 1 fully saturated rings. The van der Waals surface area contributed by atoms with Crippen molar-refractivity contribution < 1.29 is 38.7 Å². The molecule has 0 bridgehead atoms. The van der Waals surface area contributed by atoms with Crippen LogP contribution in [-0.4, -0.2) is 74.4 Å². The lowest BCUT2D eigenvalue weighted by Gasteiger charge is -2.47. The molecule has 3 aromatic rings. The van der Waals surface area contributed by atoms with Gasteiger partial charge in [-0.25, -0.2) is 4.79 Å². The number of amides is 1. The largest absolute Gasteiger partial charge is 0.486 e. The van der Waals surface area contributed by atoms with Gasteiger partial charge in [-0.3, -0.25) is 29.4 Å². The third-order valence-corrected chi connectivity index (χ3v) is 8.51. The van der Waals surface area contributed by atoms with Crippen molar-refractivity contribution in [2.24, 2.45) is 5.73 Å². The number of thioether (sulfide) groups is 1. The van der Waals surface area contributed by atoms with E-state index in [0.29, 0.717) is 28.7 Å². The fourth-order valence-electron chi connectivity index (χ4n) is 5.31. The second-order valence-corrected chi connectivity index (χ2v) is 10.8. The molecule has 1 aliphatic carbocycles. The number of aryl methyl sites for hydroxylation is 2. The highest BCUT2D eigenvalue weighted by atomic mass is 32.2. The van der Waals surface area contributed by atoms with Gasteiger partial charge in [0.15, 0.2) is 6.29 Å². The fourth-order valence-corrected chi connectivity index (χ4v) is 6.58. The molecular formula is C28H26N4O9S. The Morgan fingerprint density at radius 1 is 1.29 bits per heavy atom. The average Bonchev–Trinajstić information content (AvgIpc) is 3.37. The van der Waals surface area contributed by atoms with Gasteiger partial charge in [0.25, 0.3) is 5.69 Å². The minimum atomic E-state index is -1.21. The molecule has 42 heavy (non-hydrogen) atoms. The standard InChI is InChI=1S/C18H14N2O4.C10H12N2O5S/c21-8-9-24-12-5-7-13-11(10-12)4-6-14-17-15(19-18(13)14)2-1-3-16(17)20(22)23;1-4(13)17-2-5-3-18-9-6(11)8(14)12(9)7(5)10(15)16/h1-3,5,7-8,10,19H,4,6,9H2;6,9H,2-3,11H2,1H3,(H,15,16). The number of aliphatic carboxylic acids is 1. The molecule has 1 aromatic heterocycles. The molecule has 6 rings (SSSR count). The summed E-state index contributed by atoms with van der Waals surface area (Å²) in [5, 5.41) is 20.9. The van der Waals surface area contributed by atoms with Gasteiger partial charge in [-0.2, -0.15) is 0 Å². The number of ether oxygens (including phenoxy) is 2. The van der Waals surface area contributed by atoms with Crippen molar-refractivity contribution in [2.45, 2.75) is 31.2 Å². The fraction of sp³-hybridized carbons (Fsp3) is 0.286.